The second-order valence-corrected chi connectivity index (χ2v) is 8.83. The lowest BCUT2D eigenvalue weighted by atomic mass is 10.0. The van der Waals surface area contributed by atoms with E-state index in [1.54, 1.807) is 17.3 Å². The van der Waals surface area contributed by atoms with Crippen molar-refractivity contribution < 1.29 is 9.59 Å². The Bertz CT molecular complexity index is 809. The SMILES string of the molecule is C=S1CC(C)=C(C)N2C(=O)C(NC(=O)C(=NC)c3csc(C)n3)C21. The number of carbonyl (C=O) groups excluding carboxylic acids is 2. The maximum atomic E-state index is 12.6. The van der Waals surface area contributed by atoms with Crippen molar-refractivity contribution in [2.45, 2.75) is 32.2 Å². The Balaban J connectivity index is 1.79. The molecule has 3 atom stereocenters. The maximum Gasteiger partial charge on any atom is 0.272 e. The van der Waals surface area contributed by atoms with Crippen LogP contribution in [0.4, 0.5) is 0 Å². The van der Waals surface area contributed by atoms with E-state index >= 15 is 0 Å². The molecule has 0 radical (unpaired) electrons. The number of hydrogen-bond acceptors (Lipinski definition) is 5. The summed E-state index contributed by atoms with van der Waals surface area (Å²) < 4.78 is 0. The quantitative estimate of drug-likeness (QED) is 0.502. The van der Waals surface area contributed by atoms with Crippen LogP contribution in [-0.2, 0) is 9.59 Å². The Kier molecular flexibility index (Phi) is 4.44. The maximum absolute atomic E-state index is 12.6. The van der Waals surface area contributed by atoms with Gasteiger partial charge in [0.25, 0.3) is 11.8 Å². The van der Waals surface area contributed by atoms with E-state index < -0.39 is 6.04 Å². The lowest BCUT2D eigenvalue weighted by molar-refractivity contribution is -0.145. The number of nitrogens with zero attached hydrogens (tertiary/aromatic N) is 3. The van der Waals surface area contributed by atoms with Crippen LogP contribution in [0.2, 0.25) is 0 Å². The van der Waals surface area contributed by atoms with Gasteiger partial charge in [0.15, 0.2) is 0 Å². The molecule has 1 fully saturated rings. The number of aliphatic imine (C=N–C) groups is 1. The molecule has 0 aliphatic carbocycles. The monoisotopic (exact) mass is 364 g/mol. The third-order valence-electron chi connectivity index (χ3n) is 4.35. The van der Waals surface area contributed by atoms with Crippen molar-refractivity contribution in [1.82, 2.24) is 15.2 Å². The van der Waals surface area contributed by atoms with E-state index in [1.165, 1.54) is 16.9 Å². The summed E-state index contributed by atoms with van der Waals surface area (Å²) in [4.78, 5) is 35.2. The van der Waals surface area contributed by atoms with Crippen LogP contribution in [0.25, 0.3) is 0 Å². The van der Waals surface area contributed by atoms with E-state index in [0.29, 0.717) is 5.69 Å². The number of hydrogen-bond donors (Lipinski definition) is 1. The molecular weight excluding hydrogens is 344 g/mol. The summed E-state index contributed by atoms with van der Waals surface area (Å²) in [6.45, 7) is 5.86. The van der Waals surface area contributed by atoms with Gasteiger partial charge in [0.2, 0.25) is 0 Å². The second kappa shape index (κ2) is 6.25. The van der Waals surface area contributed by atoms with Gasteiger partial charge in [0.1, 0.15) is 22.8 Å². The molecule has 1 aromatic rings. The van der Waals surface area contributed by atoms with E-state index in [-0.39, 0.29) is 33.4 Å². The number of thiazole rings is 1. The molecule has 2 aliphatic rings. The first-order valence-electron chi connectivity index (χ1n) is 7.54. The van der Waals surface area contributed by atoms with Gasteiger partial charge in [0.05, 0.1) is 5.01 Å². The molecule has 3 rings (SSSR count). The molecule has 0 saturated carbocycles. The van der Waals surface area contributed by atoms with Crippen LogP contribution in [-0.4, -0.2) is 57.5 Å². The van der Waals surface area contributed by atoms with Crippen LogP contribution < -0.4 is 5.32 Å². The Labute approximate surface area is 147 Å². The molecule has 2 aliphatic heterocycles. The average Bonchev–Trinajstić information content (AvgIpc) is 2.95. The molecule has 0 bridgehead atoms. The molecule has 8 heteroatoms. The number of nitrogens with one attached hydrogen (secondary N) is 1. The van der Waals surface area contributed by atoms with Gasteiger partial charge in [-0.1, -0.05) is 5.87 Å². The zero-order valence-corrected chi connectivity index (χ0v) is 15.8. The summed E-state index contributed by atoms with van der Waals surface area (Å²) in [5.41, 5.74) is 2.98. The number of β-lactam (4-membered cyclic amide) rings is 1. The number of fused-ring (bicyclic) bond motifs is 1. The van der Waals surface area contributed by atoms with Gasteiger partial charge in [0, 0.05) is 23.9 Å². The fourth-order valence-corrected chi connectivity index (χ4v) is 5.65. The standard InChI is InChI=1S/C16H20N4O2S2/c1-8-7-24(5)16-13(15(22)20(16)9(8)2)19-14(21)12(17-4)11-6-23-10(3)18-11/h6,13,16H,5,7H2,1-4H3,(H,19,21). The van der Waals surface area contributed by atoms with E-state index in [0.717, 1.165) is 16.5 Å². The van der Waals surface area contributed by atoms with Gasteiger partial charge in [-0.3, -0.25) is 19.5 Å². The third-order valence-corrected chi connectivity index (χ3v) is 7.10. The predicted octanol–water partition coefficient (Wildman–Crippen LogP) is 1.53. The third kappa shape index (κ3) is 2.63. The minimum Gasteiger partial charge on any atom is -0.336 e. The van der Waals surface area contributed by atoms with Crippen molar-refractivity contribution in [1.29, 1.82) is 0 Å². The molecule has 0 spiro atoms. The van der Waals surface area contributed by atoms with Crippen molar-refractivity contribution in [3.8, 4) is 0 Å². The first-order valence-corrected chi connectivity index (χ1v) is 10.0. The van der Waals surface area contributed by atoms with Gasteiger partial charge >= 0.3 is 0 Å². The molecule has 1 aromatic heterocycles. The summed E-state index contributed by atoms with van der Waals surface area (Å²) in [5.74, 6) is 4.63. The van der Waals surface area contributed by atoms with E-state index in [1.807, 2.05) is 20.8 Å². The minimum absolute atomic E-state index is 0.0552. The Morgan fingerprint density at radius 2 is 2.21 bits per heavy atom. The Morgan fingerprint density at radius 1 is 1.50 bits per heavy atom. The van der Waals surface area contributed by atoms with Gasteiger partial charge < -0.3 is 5.32 Å². The highest BCUT2D eigenvalue weighted by Crippen LogP contribution is 2.42. The number of allylic oxidation sites excluding steroid dienone is 1. The van der Waals surface area contributed by atoms with Crippen LogP contribution in [0.5, 0.6) is 0 Å². The summed E-state index contributed by atoms with van der Waals surface area (Å²) in [6, 6.07) is -0.530. The number of carbonyl (C=O) groups is 2. The number of aryl methyl sites for hydroxylation is 1. The zero-order chi connectivity index (χ0) is 17.6. The molecule has 3 heterocycles. The fourth-order valence-electron chi connectivity index (χ4n) is 2.98. The number of amides is 2. The predicted molar refractivity (Wildman–Crippen MR) is 99.8 cm³/mol. The summed E-state index contributed by atoms with van der Waals surface area (Å²) in [5, 5.41) is 5.45. The van der Waals surface area contributed by atoms with E-state index in [2.05, 4.69) is 21.2 Å². The highest BCUT2D eigenvalue weighted by molar-refractivity contribution is 8.15. The normalized spacial score (nSPS) is 27.0. The van der Waals surface area contributed by atoms with Crippen molar-refractivity contribution in [2.24, 2.45) is 4.99 Å². The minimum atomic E-state index is -0.530. The lowest BCUT2D eigenvalue weighted by Crippen LogP contribution is -2.70. The summed E-state index contributed by atoms with van der Waals surface area (Å²) in [6.07, 6.45) is 0. The zero-order valence-electron chi connectivity index (χ0n) is 14.1. The number of aromatic nitrogens is 1. The molecular formula is C16H20N4O2S2. The smallest absolute Gasteiger partial charge is 0.272 e. The summed E-state index contributed by atoms with van der Waals surface area (Å²) in [7, 11) is 1.33. The molecule has 1 N–H and O–H groups in total. The van der Waals surface area contributed by atoms with Crippen LogP contribution in [0.1, 0.15) is 24.5 Å². The lowest BCUT2D eigenvalue weighted by Gasteiger charge is -2.51. The van der Waals surface area contributed by atoms with Gasteiger partial charge in [-0.05, 0) is 26.3 Å². The van der Waals surface area contributed by atoms with Crippen LogP contribution in [0.15, 0.2) is 21.6 Å². The molecule has 1 saturated heterocycles. The topological polar surface area (TPSA) is 74.7 Å². The molecule has 2 amide bonds. The van der Waals surface area contributed by atoms with Crippen LogP contribution in [0, 0.1) is 6.92 Å². The Hall–Kier alpha value is -1.80. The molecule has 0 aromatic carbocycles. The van der Waals surface area contributed by atoms with E-state index in [4.69, 9.17) is 0 Å². The number of rotatable bonds is 3. The largest absolute Gasteiger partial charge is 0.336 e. The van der Waals surface area contributed by atoms with Crippen molar-refractivity contribution in [2.75, 3.05) is 12.8 Å². The molecule has 6 nitrogen and oxygen atoms in total. The molecule has 3 unspecified atom stereocenters. The van der Waals surface area contributed by atoms with Crippen molar-refractivity contribution in [3.63, 3.8) is 0 Å². The van der Waals surface area contributed by atoms with Crippen LogP contribution in [0.3, 0.4) is 0 Å². The second-order valence-electron chi connectivity index (χ2n) is 5.92. The average molecular weight is 364 g/mol. The van der Waals surface area contributed by atoms with Gasteiger partial charge in [-0.15, -0.1) is 11.3 Å². The fraction of sp³-hybridized carbons (Fsp3) is 0.438. The van der Waals surface area contributed by atoms with Gasteiger partial charge in [-0.25, -0.2) is 4.98 Å². The van der Waals surface area contributed by atoms with E-state index in [9.17, 15) is 9.59 Å². The van der Waals surface area contributed by atoms with Crippen molar-refractivity contribution in [3.05, 3.63) is 27.4 Å². The Morgan fingerprint density at radius 3 is 2.79 bits per heavy atom. The first-order chi connectivity index (χ1) is 11.3. The van der Waals surface area contributed by atoms with Crippen molar-refractivity contribution >= 4 is 45.2 Å². The molecule has 24 heavy (non-hydrogen) atoms. The first kappa shape index (κ1) is 17.0. The highest BCUT2D eigenvalue weighted by atomic mass is 32.2. The molecule has 128 valence electrons. The highest BCUT2D eigenvalue weighted by Gasteiger charge is 2.52. The van der Waals surface area contributed by atoms with Gasteiger partial charge in [-0.2, -0.15) is 10.5 Å². The summed E-state index contributed by atoms with van der Waals surface area (Å²) >= 11 is 1.46. The van der Waals surface area contributed by atoms with Crippen LogP contribution >= 0.6 is 21.8 Å².